The number of anilines is 1. The molecule has 1 aliphatic rings. The summed E-state index contributed by atoms with van der Waals surface area (Å²) in [5.41, 5.74) is 13.0. The minimum atomic E-state index is 0.227. The molecule has 0 fully saturated rings. The minimum Gasteiger partial charge on any atom is -0.490 e. The van der Waals surface area contributed by atoms with E-state index < -0.39 is 0 Å². The van der Waals surface area contributed by atoms with Gasteiger partial charge in [-0.25, -0.2) is 0 Å². The van der Waals surface area contributed by atoms with Crippen LogP contribution in [-0.2, 0) is 13.5 Å². The molecule has 2 heterocycles. The molecule has 1 aromatic carbocycles. The number of nitrogens with two attached hydrogens (primary N) is 1. The Bertz CT molecular complexity index is 700. The summed E-state index contributed by atoms with van der Waals surface area (Å²) in [6.45, 7) is 8.38. The van der Waals surface area contributed by atoms with Crippen LogP contribution in [0.5, 0.6) is 5.75 Å². The Morgan fingerprint density at radius 1 is 1.30 bits per heavy atom. The zero-order valence-electron chi connectivity index (χ0n) is 12.7. The highest BCUT2D eigenvalue weighted by atomic mass is 16.5. The van der Waals surface area contributed by atoms with Crippen LogP contribution in [-0.4, -0.2) is 15.9 Å². The van der Waals surface area contributed by atoms with E-state index in [-0.39, 0.29) is 6.10 Å². The second-order valence-electron chi connectivity index (χ2n) is 5.81. The van der Waals surface area contributed by atoms with Crippen LogP contribution in [0.15, 0.2) is 6.07 Å². The molecule has 0 bridgehead atoms. The molecule has 1 atom stereocenters. The van der Waals surface area contributed by atoms with Gasteiger partial charge in [0.2, 0.25) is 0 Å². The van der Waals surface area contributed by atoms with E-state index in [0.717, 1.165) is 29.2 Å². The summed E-state index contributed by atoms with van der Waals surface area (Å²) in [5, 5.41) is 4.61. The quantitative estimate of drug-likeness (QED) is 0.867. The number of nitrogens with zero attached hydrogens (tertiary/aromatic N) is 2. The average Bonchev–Trinajstić information content (AvgIpc) is 2.87. The van der Waals surface area contributed by atoms with Crippen LogP contribution < -0.4 is 10.5 Å². The molecule has 0 saturated heterocycles. The van der Waals surface area contributed by atoms with Crippen molar-refractivity contribution >= 4 is 5.82 Å². The van der Waals surface area contributed by atoms with E-state index in [2.05, 4.69) is 31.9 Å². The average molecular weight is 271 g/mol. The monoisotopic (exact) mass is 271 g/mol. The highest BCUT2D eigenvalue weighted by molar-refractivity contribution is 5.77. The first kappa shape index (κ1) is 13.0. The predicted molar refractivity (Wildman–Crippen MR) is 81.1 cm³/mol. The van der Waals surface area contributed by atoms with Gasteiger partial charge in [-0.05, 0) is 38.8 Å². The molecule has 106 valence electrons. The number of aromatic nitrogens is 2. The van der Waals surface area contributed by atoms with Gasteiger partial charge in [-0.2, -0.15) is 5.10 Å². The van der Waals surface area contributed by atoms with Gasteiger partial charge in [-0.15, -0.1) is 0 Å². The molecule has 0 aliphatic carbocycles. The van der Waals surface area contributed by atoms with Crippen molar-refractivity contribution in [2.45, 2.75) is 40.2 Å². The van der Waals surface area contributed by atoms with Gasteiger partial charge in [0.05, 0.1) is 5.69 Å². The first-order chi connectivity index (χ1) is 9.40. The third-order valence-electron chi connectivity index (χ3n) is 4.15. The highest BCUT2D eigenvalue weighted by Crippen LogP contribution is 2.42. The Balaban J connectivity index is 2.30. The van der Waals surface area contributed by atoms with Crippen LogP contribution in [0, 0.1) is 20.8 Å². The fraction of sp³-hybridized carbons (Fsp3) is 0.438. The lowest BCUT2D eigenvalue weighted by atomic mass is 9.92. The van der Waals surface area contributed by atoms with Gasteiger partial charge in [0.25, 0.3) is 0 Å². The van der Waals surface area contributed by atoms with Crippen LogP contribution >= 0.6 is 0 Å². The first-order valence-electron chi connectivity index (χ1n) is 6.99. The van der Waals surface area contributed by atoms with Gasteiger partial charge in [0, 0.05) is 30.2 Å². The zero-order valence-corrected chi connectivity index (χ0v) is 12.7. The molecule has 0 radical (unpaired) electrons. The molecule has 1 aliphatic heterocycles. The lowest BCUT2D eigenvalue weighted by Gasteiger charge is -2.12. The summed E-state index contributed by atoms with van der Waals surface area (Å²) in [6, 6.07) is 2.18. The first-order valence-corrected chi connectivity index (χ1v) is 6.99. The fourth-order valence-electron chi connectivity index (χ4n) is 3.15. The van der Waals surface area contributed by atoms with Gasteiger partial charge in [0.15, 0.2) is 0 Å². The van der Waals surface area contributed by atoms with E-state index in [1.54, 1.807) is 4.68 Å². The molecule has 20 heavy (non-hydrogen) atoms. The van der Waals surface area contributed by atoms with Crippen molar-refractivity contribution in [1.29, 1.82) is 0 Å². The number of benzene rings is 1. The molecule has 1 aromatic heterocycles. The van der Waals surface area contributed by atoms with E-state index in [0.29, 0.717) is 0 Å². The number of nitrogen functional groups attached to an aromatic ring is 1. The van der Waals surface area contributed by atoms with Crippen LogP contribution in [0.3, 0.4) is 0 Å². The summed E-state index contributed by atoms with van der Waals surface area (Å²) >= 11 is 0. The number of hydrogen-bond donors (Lipinski definition) is 1. The minimum absolute atomic E-state index is 0.227. The second kappa shape index (κ2) is 4.27. The molecular formula is C16H21N3O. The number of rotatable bonds is 1. The van der Waals surface area contributed by atoms with Crippen molar-refractivity contribution in [3.63, 3.8) is 0 Å². The molecule has 2 aromatic rings. The topological polar surface area (TPSA) is 53.1 Å². The smallest absolute Gasteiger partial charge is 0.126 e. The third kappa shape index (κ3) is 1.71. The van der Waals surface area contributed by atoms with Crippen molar-refractivity contribution in [1.82, 2.24) is 9.78 Å². The Kier molecular flexibility index (Phi) is 2.78. The second-order valence-corrected chi connectivity index (χ2v) is 5.81. The molecule has 0 spiro atoms. The van der Waals surface area contributed by atoms with E-state index in [4.69, 9.17) is 10.5 Å². The molecule has 2 N–H and O–H groups in total. The van der Waals surface area contributed by atoms with E-state index in [9.17, 15) is 0 Å². The molecule has 0 saturated carbocycles. The lowest BCUT2D eigenvalue weighted by molar-refractivity contribution is 0.253. The van der Waals surface area contributed by atoms with Crippen LogP contribution in [0.1, 0.15) is 29.2 Å². The fourth-order valence-corrected chi connectivity index (χ4v) is 3.15. The van der Waals surface area contributed by atoms with Gasteiger partial charge < -0.3 is 10.5 Å². The largest absolute Gasteiger partial charge is 0.490 e. The summed E-state index contributed by atoms with van der Waals surface area (Å²) in [5.74, 6) is 1.75. The molecule has 3 rings (SSSR count). The molecule has 1 unspecified atom stereocenters. The van der Waals surface area contributed by atoms with Crippen LogP contribution in [0.2, 0.25) is 0 Å². The summed E-state index contributed by atoms with van der Waals surface area (Å²) in [6.07, 6.45) is 1.16. The summed E-state index contributed by atoms with van der Waals surface area (Å²) in [7, 11) is 1.88. The Labute approximate surface area is 119 Å². The van der Waals surface area contributed by atoms with Crippen LogP contribution in [0.25, 0.3) is 11.3 Å². The number of fused-ring (bicyclic) bond motifs is 1. The zero-order chi connectivity index (χ0) is 14.6. The molecular weight excluding hydrogens is 250 g/mol. The predicted octanol–water partition coefficient (Wildman–Crippen LogP) is 2.92. The maximum Gasteiger partial charge on any atom is 0.126 e. The summed E-state index contributed by atoms with van der Waals surface area (Å²) < 4.78 is 7.71. The van der Waals surface area contributed by atoms with Crippen molar-refractivity contribution in [3.8, 4) is 17.0 Å². The van der Waals surface area contributed by atoms with E-state index >= 15 is 0 Å². The van der Waals surface area contributed by atoms with Gasteiger partial charge in [0.1, 0.15) is 17.7 Å². The maximum absolute atomic E-state index is 6.06. The Morgan fingerprint density at radius 2 is 2.00 bits per heavy atom. The maximum atomic E-state index is 6.06. The van der Waals surface area contributed by atoms with Gasteiger partial charge in [-0.3, -0.25) is 4.68 Å². The number of aryl methyl sites for hydroxylation is 3. The Morgan fingerprint density at radius 3 is 2.60 bits per heavy atom. The lowest BCUT2D eigenvalue weighted by Crippen LogP contribution is -2.05. The Hall–Kier alpha value is -1.97. The van der Waals surface area contributed by atoms with Crippen molar-refractivity contribution < 1.29 is 4.74 Å². The van der Waals surface area contributed by atoms with Gasteiger partial charge in [-0.1, -0.05) is 6.07 Å². The number of hydrogen-bond acceptors (Lipinski definition) is 3. The van der Waals surface area contributed by atoms with Crippen LogP contribution in [0.4, 0.5) is 5.82 Å². The van der Waals surface area contributed by atoms with E-state index in [1.807, 2.05) is 14.0 Å². The molecule has 0 amide bonds. The van der Waals surface area contributed by atoms with Crippen molar-refractivity contribution in [3.05, 3.63) is 28.3 Å². The standard InChI is InChI=1S/C16H21N3O/c1-8-6-9(2)15-12(7-10(3)20-15)13(8)14-11(4)16(17)19(5)18-14/h6,10H,7,17H2,1-5H3. The SMILES string of the molecule is Cc1cc(C)c(-c2nn(C)c(N)c2C)c2c1OC(C)C2. The van der Waals surface area contributed by atoms with Gasteiger partial charge >= 0.3 is 0 Å². The number of ether oxygens (including phenoxy) is 1. The highest BCUT2D eigenvalue weighted by Gasteiger charge is 2.28. The summed E-state index contributed by atoms with van der Waals surface area (Å²) in [4.78, 5) is 0. The van der Waals surface area contributed by atoms with Crippen molar-refractivity contribution in [2.24, 2.45) is 7.05 Å². The van der Waals surface area contributed by atoms with Crippen molar-refractivity contribution in [2.75, 3.05) is 5.73 Å². The molecule has 4 nitrogen and oxygen atoms in total. The normalized spacial score (nSPS) is 17.1. The third-order valence-corrected chi connectivity index (χ3v) is 4.15. The van der Waals surface area contributed by atoms with E-state index in [1.165, 1.54) is 22.3 Å². The molecule has 4 heteroatoms.